The van der Waals surface area contributed by atoms with Crippen LogP contribution >= 0.6 is 22.9 Å². The molecule has 1 amide bonds. The summed E-state index contributed by atoms with van der Waals surface area (Å²) in [6.07, 6.45) is 1.20. The van der Waals surface area contributed by atoms with E-state index in [0.29, 0.717) is 13.0 Å². The number of carbonyl (C=O) groups excluding carboxylic acids is 1. The van der Waals surface area contributed by atoms with E-state index in [1.54, 1.807) is 0 Å². The number of nitrogens with one attached hydrogen (secondary N) is 1. The number of nitrogens with two attached hydrogens (primary N) is 1. The summed E-state index contributed by atoms with van der Waals surface area (Å²) in [4.78, 5) is 12.4. The Bertz CT molecular complexity index is 327. The highest BCUT2D eigenvalue weighted by Crippen LogP contribution is 2.20. The highest BCUT2D eigenvalue weighted by molar-refractivity contribution is 7.16. The lowest BCUT2D eigenvalue weighted by Crippen LogP contribution is -2.30. The van der Waals surface area contributed by atoms with Crippen molar-refractivity contribution in [3.63, 3.8) is 0 Å². The second-order valence-electron chi connectivity index (χ2n) is 3.36. The summed E-state index contributed by atoms with van der Waals surface area (Å²) in [6, 6.07) is 3.69. The molecular weight excluding hydrogens is 232 g/mol. The van der Waals surface area contributed by atoms with Gasteiger partial charge in [-0.15, -0.1) is 11.3 Å². The first kappa shape index (κ1) is 12.5. The zero-order valence-electron chi connectivity index (χ0n) is 8.63. The quantitative estimate of drug-likeness (QED) is 0.837. The van der Waals surface area contributed by atoms with E-state index in [1.807, 2.05) is 19.1 Å². The largest absolute Gasteiger partial charge is 0.351 e. The lowest BCUT2D eigenvalue weighted by molar-refractivity contribution is -0.121. The molecule has 1 unspecified atom stereocenters. The minimum absolute atomic E-state index is 0.00567. The second kappa shape index (κ2) is 6.10. The molecule has 0 aliphatic heterocycles. The van der Waals surface area contributed by atoms with E-state index in [2.05, 4.69) is 5.32 Å². The molecule has 0 radical (unpaired) electrons. The minimum atomic E-state index is -0.0445. The molecule has 0 spiro atoms. The summed E-state index contributed by atoms with van der Waals surface area (Å²) >= 11 is 7.24. The van der Waals surface area contributed by atoms with E-state index in [9.17, 15) is 4.79 Å². The van der Waals surface area contributed by atoms with Gasteiger partial charge in [0.2, 0.25) is 5.91 Å². The topological polar surface area (TPSA) is 55.1 Å². The maximum atomic E-state index is 11.4. The average Bonchev–Trinajstić information content (AvgIpc) is 2.61. The first-order valence-corrected chi connectivity index (χ1v) is 6.07. The Morgan fingerprint density at radius 3 is 2.93 bits per heavy atom. The van der Waals surface area contributed by atoms with Gasteiger partial charge >= 0.3 is 0 Å². The van der Waals surface area contributed by atoms with Crippen LogP contribution in [0.3, 0.4) is 0 Å². The van der Waals surface area contributed by atoms with Crippen molar-refractivity contribution in [2.75, 3.05) is 0 Å². The van der Waals surface area contributed by atoms with Crippen molar-refractivity contribution in [1.29, 1.82) is 0 Å². The number of thiophene rings is 1. The SMILES string of the molecule is CCC(N)CC(=O)NCc1ccc(Cl)s1. The van der Waals surface area contributed by atoms with Crippen molar-refractivity contribution in [2.45, 2.75) is 32.4 Å². The molecule has 1 atom stereocenters. The molecule has 0 saturated heterocycles. The van der Waals surface area contributed by atoms with Gasteiger partial charge in [0.25, 0.3) is 0 Å². The van der Waals surface area contributed by atoms with E-state index >= 15 is 0 Å². The fourth-order valence-electron chi connectivity index (χ4n) is 1.09. The fraction of sp³-hybridized carbons (Fsp3) is 0.500. The smallest absolute Gasteiger partial charge is 0.221 e. The monoisotopic (exact) mass is 246 g/mol. The summed E-state index contributed by atoms with van der Waals surface area (Å²) in [5.41, 5.74) is 5.67. The number of hydrogen-bond donors (Lipinski definition) is 2. The molecule has 1 aromatic rings. The second-order valence-corrected chi connectivity index (χ2v) is 5.15. The van der Waals surface area contributed by atoms with Crippen molar-refractivity contribution in [2.24, 2.45) is 5.73 Å². The van der Waals surface area contributed by atoms with Crippen molar-refractivity contribution < 1.29 is 4.79 Å². The van der Waals surface area contributed by atoms with Gasteiger partial charge in [0.1, 0.15) is 0 Å². The molecule has 0 bridgehead atoms. The molecule has 3 N–H and O–H groups in total. The lowest BCUT2D eigenvalue weighted by Gasteiger charge is -2.08. The van der Waals surface area contributed by atoms with Crippen LogP contribution in [0.15, 0.2) is 12.1 Å². The van der Waals surface area contributed by atoms with E-state index in [4.69, 9.17) is 17.3 Å². The molecule has 84 valence electrons. The third-order valence-electron chi connectivity index (χ3n) is 2.06. The number of carbonyl (C=O) groups is 1. The first-order valence-electron chi connectivity index (χ1n) is 4.88. The zero-order valence-corrected chi connectivity index (χ0v) is 10.2. The number of rotatable bonds is 5. The summed E-state index contributed by atoms with van der Waals surface area (Å²) in [5.74, 6) is -0.00567. The number of hydrogen-bond acceptors (Lipinski definition) is 3. The molecule has 3 nitrogen and oxygen atoms in total. The van der Waals surface area contributed by atoms with Crippen molar-refractivity contribution in [3.8, 4) is 0 Å². The van der Waals surface area contributed by atoms with E-state index in [0.717, 1.165) is 15.6 Å². The Hall–Kier alpha value is -0.580. The van der Waals surface area contributed by atoms with Crippen molar-refractivity contribution in [1.82, 2.24) is 5.32 Å². The van der Waals surface area contributed by atoms with Gasteiger partial charge in [0, 0.05) is 17.3 Å². The molecule has 0 aliphatic rings. The molecule has 1 aromatic heterocycles. The minimum Gasteiger partial charge on any atom is -0.351 e. The lowest BCUT2D eigenvalue weighted by atomic mass is 10.1. The first-order chi connectivity index (χ1) is 7.11. The predicted molar refractivity (Wildman–Crippen MR) is 64.1 cm³/mol. The van der Waals surface area contributed by atoms with Crippen molar-refractivity contribution >= 4 is 28.8 Å². The summed E-state index contributed by atoms with van der Waals surface area (Å²) < 4.78 is 0.740. The van der Waals surface area contributed by atoms with Crippen LogP contribution in [-0.4, -0.2) is 11.9 Å². The Morgan fingerprint density at radius 2 is 2.40 bits per heavy atom. The van der Waals surface area contributed by atoms with Gasteiger partial charge in [-0.3, -0.25) is 4.79 Å². The Kier molecular flexibility index (Phi) is 5.08. The summed E-state index contributed by atoms with van der Waals surface area (Å²) in [7, 11) is 0. The Labute approximate surface area is 98.6 Å². The molecule has 0 aromatic carbocycles. The predicted octanol–water partition coefficient (Wildman–Crippen LogP) is 2.15. The maximum absolute atomic E-state index is 11.4. The molecule has 0 aliphatic carbocycles. The molecule has 0 fully saturated rings. The molecule has 5 heteroatoms. The van der Waals surface area contributed by atoms with Gasteiger partial charge in [-0.2, -0.15) is 0 Å². The van der Waals surface area contributed by atoms with Crippen LogP contribution in [0, 0.1) is 0 Å². The third kappa shape index (κ3) is 4.64. The van der Waals surface area contributed by atoms with E-state index in [-0.39, 0.29) is 11.9 Å². The normalized spacial score (nSPS) is 12.5. The highest BCUT2D eigenvalue weighted by Gasteiger charge is 2.07. The van der Waals surface area contributed by atoms with Gasteiger partial charge < -0.3 is 11.1 Å². The van der Waals surface area contributed by atoms with Crippen LogP contribution in [0.4, 0.5) is 0 Å². The highest BCUT2D eigenvalue weighted by atomic mass is 35.5. The van der Waals surface area contributed by atoms with E-state index < -0.39 is 0 Å². The van der Waals surface area contributed by atoms with Crippen LogP contribution in [0.5, 0.6) is 0 Å². The standard InChI is InChI=1S/C10H15ClN2OS/c1-2-7(12)5-10(14)13-6-8-3-4-9(11)15-8/h3-4,7H,2,5-6,12H2,1H3,(H,13,14). The number of amides is 1. The zero-order chi connectivity index (χ0) is 11.3. The van der Waals surface area contributed by atoms with Gasteiger partial charge in [-0.1, -0.05) is 18.5 Å². The van der Waals surface area contributed by atoms with Crippen molar-refractivity contribution in [3.05, 3.63) is 21.3 Å². The van der Waals surface area contributed by atoms with Crippen LogP contribution in [0.2, 0.25) is 4.34 Å². The molecule has 0 saturated carbocycles. The molecule has 1 rings (SSSR count). The Morgan fingerprint density at radius 1 is 1.67 bits per heavy atom. The third-order valence-corrected chi connectivity index (χ3v) is 3.29. The van der Waals surface area contributed by atoms with Gasteiger partial charge in [-0.05, 0) is 18.6 Å². The maximum Gasteiger partial charge on any atom is 0.221 e. The van der Waals surface area contributed by atoms with E-state index in [1.165, 1.54) is 11.3 Å². The molecule has 1 heterocycles. The summed E-state index contributed by atoms with van der Waals surface area (Å²) in [6.45, 7) is 2.50. The number of halogens is 1. The Balaban J connectivity index is 2.28. The average molecular weight is 247 g/mol. The van der Waals surface area contributed by atoms with Crippen LogP contribution in [-0.2, 0) is 11.3 Å². The van der Waals surface area contributed by atoms with Crippen LogP contribution < -0.4 is 11.1 Å². The van der Waals surface area contributed by atoms with Crippen LogP contribution in [0.1, 0.15) is 24.6 Å². The van der Waals surface area contributed by atoms with Gasteiger partial charge in [0.15, 0.2) is 0 Å². The molecule has 15 heavy (non-hydrogen) atoms. The van der Waals surface area contributed by atoms with Crippen LogP contribution in [0.25, 0.3) is 0 Å². The van der Waals surface area contributed by atoms with Gasteiger partial charge in [-0.25, -0.2) is 0 Å². The van der Waals surface area contributed by atoms with Gasteiger partial charge in [0.05, 0.1) is 10.9 Å². The summed E-state index contributed by atoms with van der Waals surface area (Å²) in [5, 5.41) is 2.81. The fourth-order valence-corrected chi connectivity index (χ4v) is 2.11. The molecular formula is C10H15ClN2OS.